The van der Waals surface area contributed by atoms with Crippen LogP contribution in [0.2, 0.25) is 0 Å². The Kier molecular flexibility index (Phi) is 2.64. The molecule has 2 aromatic carbocycles. The Bertz CT molecular complexity index is 901. The van der Waals surface area contributed by atoms with Crippen molar-refractivity contribution in [3.63, 3.8) is 0 Å². The van der Waals surface area contributed by atoms with Crippen LogP contribution >= 0.6 is 0 Å². The Labute approximate surface area is 122 Å². The molecule has 21 heavy (non-hydrogen) atoms. The van der Waals surface area contributed by atoms with Crippen molar-refractivity contribution in [2.24, 2.45) is 0 Å². The normalized spacial score (nSPS) is 11.1. The number of aromatic amines is 1. The minimum atomic E-state index is 0.991. The van der Waals surface area contributed by atoms with Gasteiger partial charge in [0.2, 0.25) is 0 Å². The molecule has 0 spiro atoms. The van der Waals surface area contributed by atoms with Gasteiger partial charge in [-0.15, -0.1) is 0 Å². The van der Waals surface area contributed by atoms with Crippen LogP contribution in [0, 0.1) is 6.92 Å². The highest BCUT2D eigenvalue weighted by Gasteiger charge is 2.10. The number of benzene rings is 2. The molecule has 1 N–H and O–H groups in total. The first-order valence-electron chi connectivity index (χ1n) is 7.00. The number of rotatable bonds is 2. The summed E-state index contributed by atoms with van der Waals surface area (Å²) in [6.45, 7) is 2.13. The molecule has 0 aliphatic heterocycles. The van der Waals surface area contributed by atoms with E-state index >= 15 is 0 Å². The number of imidazole rings is 1. The molecule has 0 atom stereocenters. The van der Waals surface area contributed by atoms with Gasteiger partial charge in [0.15, 0.2) is 0 Å². The second-order valence-corrected chi connectivity index (χ2v) is 5.17. The van der Waals surface area contributed by atoms with Crippen molar-refractivity contribution in [1.82, 2.24) is 14.5 Å². The molecule has 0 aliphatic carbocycles. The van der Waals surface area contributed by atoms with E-state index in [4.69, 9.17) is 0 Å². The van der Waals surface area contributed by atoms with Crippen LogP contribution in [0.15, 0.2) is 67.0 Å². The highest BCUT2D eigenvalue weighted by atomic mass is 15.0. The number of aromatic nitrogens is 3. The Morgan fingerprint density at radius 1 is 0.952 bits per heavy atom. The van der Waals surface area contributed by atoms with E-state index in [1.807, 2.05) is 6.07 Å². The van der Waals surface area contributed by atoms with Crippen molar-refractivity contribution in [1.29, 1.82) is 0 Å². The summed E-state index contributed by atoms with van der Waals surface area (Å²) in [5, 5.41) is 0. The number of nitrogens with zero attached hydrogens (tertiary/aromatic N) is 2. The summed E-state index contributed by atoms with van der Waals surface area (Å²) in [5.74, 6) is 0. The van der Waals surface area contributed by atoms with Gasteiger partial charge in [0.25, 0.3) is 0 Å². The van der Waals surface area contributed by atoms with Gasteiger partial charge in [-0.25, -0.2) is 4.98 Å². The van der Waals surface area contributed by atoms with E-state index in [-0.39, 0.29) is 0 Å². The van der Waals surface area contributed by atoms with Gasteiger partial charge in [-0.1, -0.05) is 30.3 Å². The van der Waals surface area contributed by atoms with Crippen molar-refractivity contribution in [2.75, 3.05) is 0 Å². The van der Waals surface area contributed by atoms with Crippen LogP contribution in [0.1, 0.15) is 5.69 Å². The molecule has 102 valence electrons. The molecule has 0 saturated carbocycles. The number of hydrogen-bond donors (Lipinski definition) is 1. The van der Waals surface area contributed by atoms with E-state index in [9.17, 15) is 0 Å². The van der Waals surface area contributed by atoms with Gasteiger partial charge in [-0.3, -0.25) is 0 Å². The average molecular weight is 273 g/mol. The van der Waals surface area contributed by atoms with Crippen LogP contribution in [0.4, 0.5) is 0 Å². The second-order valence-electron chi connectivity index (χ2n) is 5.17. The van der Waals surface area contributed by atoms with Crippen LogP contribution < -0.4 is 0 Å². The monoisotopic (exact) mass is 273 g/mol. The zero-order valence-corrected chi connectivity index (χ0v) is 11.7. The standard InChI is InChI=1S/C18H15N3/c1-13-7-10-18(14-5-3-2-4-6-14)21(13)15-8-9-16-17(11-15)20-12-19-16/h2-12H,1H3,(H,19,20). The molecule has 0 unspecified atom stereocenters. The molecule has 0 saturated heterocycles. The zero-order valence-electron chi connectivity index (χ0n) is 11.7. The fourth-order valence-electron chi connectivity index (χ4n) is 2.78. The molecule has 2 aromatic heterocycles. The summed E-state index contributed by atoms with van der Waals surface area (Å²) in [5.41, 5.74) is 6.83. The Morgan fingerprint density at radius 3 is 2.67 bits per heavy atom. The fourth-order valence-corrected chi connectivity index (χ4v) is 2.78. The smallest absolute Gasteiger partial charge is 0.0931 e. The maximum Gasteiger partial charge on any atom is 0.0931 e. The lowest BCUT2D eigenvalue weighted by molar-refractivity contribution is 1.02. The number of fused-ring (bicyclic) bond motifs is 1. The molecular formula is C18H15N3. The summed E-state index contributed by atoms with van der Waals surface area (Å²) in [6.07, 6.45) is 1.73. The predicted molar refractivity (Wildman–Crippen MR) is 85.6 cm³/mol. The second kappa shape index (κ2) is 4.63. The van der Waals surface area contributed by atoms with Gasteiger partial charge in [-0.2, -0.15) is 0 Å². The third-order valence-electron chi connectivity index (χ3n) is 3.81. The van der Waals surface area contributed by atoms with E-state index in [1.54, 1.807) is 6.33 Å². The van der Waals surface area contributed by atoms with Crippen LogP contribution in [0.5, 0.6) is 0 Å². The SMILES string of the molecule is Cc1ccc(-c2ccccc2)n1-c1ccc2nc[nH]c2c1. The first kappa shape index (κ1) is 12.0. The molecule has 2 heterocycles. The highest BCUT2D eigenvalue weighted by Crippen LogP contribution is 2.27. The zero-order chi connectivity index (χ0) is 14.2. The van der Waals surface area contributed by atoms with Crippen molar-refractivity contribution in [3.05, 3.63) is 72.7 Å². The van der Waals surface area contributed by atoms with Crippen LogP contribution in [-0.4, -0.2) is 14.5 Å². The van der Waals surface area contributed by atoms with Gasteiger partial charge in [-0.05, 0) is 42.8 Å². The largest absolute Gasteiger partial charge is 0.345 e. The summed E-state index contributed by atoms with van der Waals surface area (Å²) >= 11 is 0. The van der Waals surface area contributed by atoms with Crippen molar-refractivity contribution >= 4 is 11.0 Å². The molecule has 0 amide bonds. The minimum absolute atomic E-state index is 0.991. The summed E-state index contributed by atoms with van der Waals surface area (Å²) in [7, 11) is 0. The molecule has 0 radical (unpaired) electrons. The first-order chi connectivity index (χ1) is 10.3. The minimum Gasteiger partial charge on any atom is -0.345 e. The third-order valence-corrected chi connectivity index (χ3v) is 3.81. The molecule has 4 rings (SSSR count). The van der Waals surface area contributed by atoms with Gasteiger partial charge in [0, 0.05) is 11.4 Å². The molecule has 0 fully saturated rings. The van der Waals surface area contributed by atoms with Crippen LogP contribution in [0.3, 0.4) is 0 Å². The Hall–Kier alpha value is -2.81. The molecule has 0 aliphatic rings. The van der Waals surface area contributed by atoms with Crippen LogP contribution in [0.25, 0.3) is 28.0 Å². The maximum atomic E-state index is 4.28. The van der Waals surface area contributed by atoms with Gasteiger partial charge in [0.05, 0.1) is 23.1 Å². The lowest BCUT2D eigenvalue weighted by Gasteiger charge is -2.12. The number of hydrogen-bond acceptors (Lipinski definition) is 1. The highest BCUT2D eigenvalue weighted by molar-refractivity contribution is 5.78. The quantitative estimate of drug-likeness (QED) is 0.579. The van der Waals surface area contributed by atoms with Gasteiger partial charge < -0.3 is 9.55 Å². The average Bonchev–Trinajstić information content (AvgIpc) is 3.13. The maximum absolute atomic E-state index is 4.28. The van der Waals surface area contributed by atoms with Crippen molar-refractivity contribution in [2.45, 2.75) is 6.92 Å². The predicted octanol–water partition coefficient (Wildman–Crippen LogP) is 4.33. The van der Waals surface area contributed by atoms with Crippen molar-refractivity contribution in [3.8, 4) is 16.9 Å². The van der Waals surface area contributed by atoms with E-state index in [0.717, 1.165) is 16.7 Å². The number of nitrogens with one attached hydrogen (secondary N) is 1. The molecule has 4 aromatic rings. The first-order valence-corrected chi connectivity index (χ1v) is 7.00. The van der Waals surface area contributed by atoms with E-state index < -0.39 is 0 Å². The van der Waals surface area contributed by atoms with Gasteiger partial charge in [0.1, 0.15) is 0 Å². The van der Waals surface area contributed by atoms with E-state index in [1.165, 1.54) is 17.0 Å². The number of H-pyrrole nitrogens is 1. The van der Waals surface area contributed by atoms with Gasteiger partial charge >= 0.3 is 0 Å². The fraction of sp³-hybridized carbons (Fsp3) is 0.0556. The Morgan fingerprint density at radius 2 is 1.81 bits per heavy atom. The molecular weight excluding hydrogens is 258 g/mol. The van der Waals surface area contributed by atoms with E-state index in [2.05, 4.69) is 76.1 Å². The summed E-state index contributed by atoms with van der Waals surface area (Å²) < 4.78 is 2.27. The lowest BCUT2D eigenvalue weighted by Crippen LogP contribution is -1.98. The number of aryl methyl sites for hydroxylation is 1. The molecule has 3 heteroatoms. The third kappa shape index (κ3) is 1.94. The molecule has 0 bridgehead atoms. The topological polar surface area (TPSA) is 33.6 Å². The summed E-state index contributed by atoms with van der Waals surface area (Å²) in [4.78, 5) is 7.46. The van der Waals surface area contributed by atoms with E-state index in [0.29, 0.717) is 0 Å². The lowest BCUT2D eigenvalue weighted by atomic mass is 10.1. The van der Waals surface area contributed by atoms with Crippen LogP contribution in [-0.2, 0) is 0 Å². The van der Waals surface area contributed by atoms with Crippen molar-refractivity contribution < 1.29 is 0 Å². The summed E-state index contributed by atoms with van der Waals surface area (Å²) in [6, 6.07) is 21.1. The molecule has 3 nitrogen and oxygen atoms in total. The Balaban J connectivity index is 1.93.